The molecule has 0 saturated carbocycles. The van der Waals surface area contributed by atoms with Crippen LogP contribution >= 0.6 is 31.9 Å². The van der Waals surface area contributed by atoms with Crippen molar-refractivity contribution in [3.05, 3.63) is 27.1 Å². The van der Waals surface area contributed by atoms with Gasteiger partial charge in [-0.2, -0.15) is 0 Å². The first-order chi connectivity index (χ1) is 8.08. The lowest BCUT2D eigenvalue weighted by Crippen LogP contribution is -2.22. The quantitative estimate of drug-likeness (QED) is 0.755. The minimum atomic E-state index is -0.984. The maximum Gasteiger partial charge on any atom is 0.404 e. The van der Waals surface area contributed by atoms with Crippen LogP contribution in [0, 0.1) is 0 Å². The molecular weight excluding hydrogens is 354 g/mol. The fraction of sp³-hybridized carbons (Fsp3) is 0.364. The molecule has 0 unspecified atom stereocenters. The molecule has 1 aromatic rings. The molecule has 94 valence electrons. The zero-order valence-electron chi connectivity index (χ0n) is 9.08. The lowest BCUT2D eigenvalue weighted by Gasteiger charge is -2.07. The van der Waals surface area contributed by atoms with Gasteiger partial charge in [-0.3, -0.25) is 0 Å². The summed E-state index contributed by atoms with van der Waals surface area (Å²) in [5, 5.41) is 10.7. The van der Waals surface area contributed by atoms with E-state index in [0.717, 1.165) is 27.5 Å². The van der Waals surface area contributed by atoms with Gasteiger partial charge in [0.25, 0.3) is 0 Å². The second-order valence-electron chi connectivity index (χ2n) is 3.39. The normalized spacial score (nSPS) is 10.0. The van der Waals surface area contributed by atoms with Crippen LogP contribution in [0.4, 0.5) is 4.79 Å². The van der Waals surface area contributed by atoms with Gasteiger partial charge in [-0.05, 0) is 31.0 Å². The standard InChI is InChI=1S/C11H13Br2NO3/c12-8-5-9(13)7-10(6-8)17-4-2-1-3-14-11(15)16/h5-7,14H,1-4H2,(H,15,16). The number of nitrogens with one attached hydrogen (secondary N) is 1. The van der Waals surface area contributed by atoms with E-state index in [2.05, 4.69) is 37.2 Å². The van der Waals surface area contributed by atoms with Crippen molar-refractivity contribution in [2.45, 2.75) is 12.8 Å². The Labute approximate surface area is 117 Å². The van der Waals surface area contributed by atoms with Crippen LogP contribution < -0.4 is 10.1 Å². The Kier molecular flexibility index (Phi) is 6.36. The zero-order chi connectivity index (χ0) is 12.7. The SMILES string of the molecule is O=C(O)NCCCCOc1cc(Br)cc(Br)c1. The van der Waals surface area contributed by atoms with Gasteiger partial charge in [-0.15, -0.1) is 0 Å². The van der Waals surface area contributed by atoms with E-state index in [1.54, 1.807) is 0 Å². The maximum absolute atomic E-state index is 10.2. The largest absolute Gasteiger partial charge is 0.494 e. The molecule has 0 saturated heterocycles. The Morgan fingerprint density at radius 3 is 2.47 bits per heavy atom. The molecule has 1 rings (SSSR count). The van der Waals surface area contributed by atoms with Gasteiger partial charge >= 0.3 is 6.09 Å². The van der Waals surface area contributed by atoms with Gasteiger partial charge in [0.15, 0.2) is 0 Å². The summed E-state index contributed by atoms with van der Waals surface area (Å²) in [6.07, 6.45) is 0.591. The van der Waals surface area contributed by atoms with Crippen molar-refractivity contribution in [1.82, 2.24) is 5.32 Å². The van der Waals surface area contributed by atoms with Gasteiger partial charge in [-0.25, -0.2) is 4.79 Å². The van der Waals surface area contributed by atoms with E-state index in [4.69, 9.17) is 9.84 Å². The fourth-order valence-corrected chi connectivity index (χ4v) is 2.48. The highest BCUT2D eigenvalue weighted by Crippen LogP contribution is 2.24. The zero-order valence-corrected chi connectivity index (χ0v) is 12.3. The van der Waals surface area contributed by atoms with Gasteiger partial charge in [0.05, 0.1) is 6.61 Å². The number of carboxylic acid groups (broad SMARTS) is 1. The second kappa shape index (κ2) is 7.55. The molecule has 0 radical (unpaired) electrons. The highest BCUT2D eigenvalue weighted by molar-refractivity contribution is 9.11. The fourth-order valence-electron chi connectivity index (χ4n) is 1.22. The smallest absolute Gasteiger partial charge is 0.404 e. The van der Waals surface area contributed by atoms with Gasteiger partial charge in [-0.1, -0.05) is 31.9 Å². The van der Waals surface area contributed by atoms with Crippen molar-refractivity contribution in [3.8, 4) is 5.75 Å². The molecule has 0 aliphatic carbocycles. The number of ether oxygens (including phenoxy) is 1. The van der Waals surface area contributed by atoms with Gasteiger partial charge in [0.1, 0.15) is 5.75 Å². The van der Waals surface area contributed by atoms with Crippen LogP contribution in [0.1, 0.15) is 12.8 Å². The minimum Gasteiger partial charge on any atom is -0.494 e. The van der Waals surface area contributed by atoms with Crippen molar-refractivity contribution in [2.75, 3.05) is 13.2 Å². The summed E-state index contributed by atoms with van der Waals surface area (Å²) in [7, 11) is 0. The van der Waals surface area contributed by atoms with Gasteiger partial charge in [0.2, 0.25) is 0 Å². The third-order valence-electron chi connectivity index (χ3n) is 1.95. The molecular formula is C11H13Br2NO3. The van der Waals surface area contributed by atoms with E-state index in [0.29, 0.717) is 13.2 Å². The molecule has 2 N–H and O–H groups in total. The molecule has 4 nitrogen and oxygen atoms in total. The van der Waals surface area contributed by atoms with Crippen molar-refractivity contribution >= 4 is 38.0 Å². The Morgan fingerprint density at radius 1 is 1.24 bits per heavy atom. The van der Waals surface area contributed by atoms with E-state index in [-0.39, 0.29) is 0 Å². The predicted octanol–water partition coefficient (Wildman–Crippen LogP) is 3.64. The predicted molar refractivity (Wildman–Crippen MR) is 72.6 cm³/mol. The maximum atomic E-state index is 10.2. The van der Waals surface area contributed by atoms with Crippen LogP contribution in [-0.2, 0) is 0 Å². The molecule has 0 fully saturated rings. The lowest BCUT2D eigenvalue weighted by molar-refractivity contribution is 0.194. The number of unbranched alkanes of at least 4 members (excludes halogenated alkanes) is 1. The molecule has 0 aliphatic heterocycles. The molecule has 1 amide bonds. The van der Waals surface area contributed by atoms with Crippen molar-refractivity contribution in [1.29, 1.82) is 0 Å². The van der Waals surface area contributed by atoms with Crippen LogP contribution in [0.25, 0.3) is 0 Å². The summed E-state index contributed by atoms with van der Waals surface area (Å²) in [5.41, 5.74) is 0. The van der Waals surface area contributed by atoms with Crippen LogP contribution in [0.15, 0.2) is 27.1 Å². The minimum absolute atomic E-state index is 0.459. The number of hydrogen-bond donors (Lipinski definition) is 2. The van der Waals surface area contributed by atoms with E-state index >= 15 is 0 Å². The monoisotopic (exact) mass is 365 g/mol. The average molecular weight is 367 g/mol. The third-order valence-corrected chi connectivity index (χ3v) is 2.87. The first-order valence-corrected chi connectivity index (χ1v) is 6.72. The van der Waals surface area contributed by atoms with Crippen molar-refractivity contribution in [2.24, 2.45) is 0 Å². The summed E-state index contributed by atoms with van der Waals surface area (Å²) in [5.74, 6) is 0.789. The summed E-state index contributed by atoms with van der Waals surface area (Å²) < 4.78 is 7.45. The van der Waals surface area contributed by atoms with Gasteiger partial charge < -0.3 is 15.2 Å². The number of carbonyl (C=O) groups is 1. The molecule has 1 aromatic carbocycles. The Morgan fingerprint density at radius 2 is 1.88 bits per heavy atom. The van der Waals surface area contributed by atoms with E-state index in [1.165, 1.54) is 0 Å². The molecule has 0 aliphatic rings. The van der Waals surface area contributed by atoms with E-state index in [9.17, 15) is 4.79 Å². The average Bonchev–Trinajstić information content (AvgIpc) is 2.21. The summed E-state index contributed by atoms with van der Waals surface area (Å²) in [4.78, 5) is 10.2. The van der Waals surface area contributed by atoms with Crippen LogP contribution in [-0.4, -0.2) is 24.4 Å². The molecule has 0 atom stereocenters. The molecule has 0 bridgehead atoms. The lowest BCUT2D eigenvalue weighted by atomic mass is 10.3. The topological polar surface area (TPSA) is 58.6 Å². The molecule has 6 heteroatoms. The Hall–Kier alpha value is -0.750. The first kappa shape index (κ1) is 14.3. The highest BCUT2D eigenvalue weighted by atomic mass is 79.9. The van der Waals surface area contributed by atoms with E-state index < -0.39 is 6.09 Å². The summed E-state index contributed by atoms with van der Waals surface area (Å²) >= 11 is 6.75. The third kappa shape index (κ3) is 6.53. The molecule has 0 aromatic heterocycles. The van der Waals surface area contributed by atoms with Crippen molar-refractivity contribution in [3.63, 3.8) is 0 Å². The van der Waals surface area contributed by atoms with Crippen molar-refractivity contribution < 1.29 is 14.6 Å². The van der Waals surface area contributed by atoms with Crippen LogP contribution in [0.5, 0.6) is 5.75 Å². The summed E-state index contributed by atoms with van der Waals surface area (Å²) in [6.45, 7) is 1.03. The Balaban J connectivity index is 2.20. The summed E-state index contributed by atoms with van der Waals surface area (Å²) in [6, 6.07) is 5.71. The number of rotatable bonds is 6. The second-order valence-corrected chi connectivity index (χ2v) is 5.22. The number of halogens is 2. The first-order valence-electron chi connectivity index (χ1n) is 5.13. The molecule has 17 heavy (non-hydrogen) atoms. The molecule has 0 spiro atoms. The van der Waals surface area contributed by atoms with E-state index in [1.807, 2.05) is 18.2 Å². The number of hydrogen-bond acceptors (Lipinski definition) is 2. The van der Waals surface area contributed by atoms with Gasteiger partial charge in [0, 0.05) is 15.5 Å². The highest BCUT2D eigenvalue weighted by Gasteiger charge is 1.99. The Bertz CT molecular complexity index is 365. The number of benzene rings is 1. The number of amides is 1. The molecule has 0 heterocycles. The van der Waals surface area contributed by atoms with Crippen LogP contribution in [0.3, 0.4) is 0 Å². The van der Waals surface area contributed by atoms with Crippen LogP contribution in [0.2, 0.25) is 0 Å².